The van der Waals surface area contributed by atoms with Crippen LogP contribution < -0.4 is 9.47 Å². The molecule has 0 saturated heterocycles. The number of carbonyl (C=O) groups excluding carboxylic acids is 2. The van der Waals surface area contributed by atoms with Gasteiger partial charge in [-0.25, -0.2) is 4.39 Å². The number of hydrogen-bond acceptors (Lipinski definition) is 5. The van der Waals surface area contributed by atoms with Crippen molar-refractivity contribution < 1.29 is 23.5 Å². The second kappa shape index (κ2) is 9.48. The van der Waals surface area contributed by atoms with Crippen LogP contribution >= 0.6 is 0 Å². The van der Waals surface area contributed by atoms with Crippen molar-refractivity contribution in [1.82, 2.24) is 4.90 Å². The molecule has 1 heterocycles. The molecule has 2 aromatic carbocycles. The van der Waals surface area contributed by atoms with Gasteiger partial charge in [-0.1, -0.05) is 24.3 Å². The van der Waals surface area contributed by atoms with Crippen LogP contribution in [0.2, 0.25) is 0 Å². The smallest absolute Gasteiger partial charge is 0.271 e. The number of halogens is 1. The summed E-state index contributed by atoms with van der Waals surface area (Å²) in [7, 11) is 1.48. The molecular formula is C25H23FN2O4. The van der Waals surface area contributed by atoms with E-state index in [-0.39, 0.29) is 23.6 Å². The topological polar surface area (TPSA) is 79.6 Å². The van der Waals surface area contributed by atoms with Gasteiger partial charge in [0.15, 0.2) is 11.5 Å². The number of ether oxygens (including phenoxy) is 2. The molecule has 2 amide bonds. The summed E-state index contributed by atoms with van der Waals surface area (Å²) >= 11 is 0. The minimum atomic E-state index is -0.586. The first-order valence-electron chi connectivity index (χ1n) is 10.0. The van der Waals surface area contributed by atoms with Gasteiger partial charge >= 0.3 is 0 Å². The molecule has 32 heavy (non-hydrogen) atoms. The number of nitriles is 1. The molecule has 2 aromatic rings. The van der Waals surface area contributed by atoms with Crippen LogP contribution in [-0.2, 0) is 16.2 Å². The van der Waals surface area contributed by atoms with Crippen molar-refractivity contribution in [3.8, 4) is 17.6 Å². The molecule has 6 nitrogen and oxygen atoms in total. The predicted molar refractivity (Wildman–Crippen MR) is 117 cm³/mol. The highest BCUT2D eigenvalue weighted by molar-refractivity contribution is 6.19. The molecule has 1 aliphatic heterocycles. The second-order valence-electron chi connectivity index (χ2n) is 7.53. The number of amides is 2. The minimum Gasteiger partial charge on any atom is -0.493 e. The van der Waals surface area contributed by atoms with Crippen LogP contribution in [0.5, 0.6) is 11.5 Å². The van der Waals surface area contributed by atoms with E-state index in [2.05, 4.69) is 0 Å². The minimum absolute atomic E-state index is 0.0286. The standard InChI is InChI=1S/C25H23FN2O4/c1-15(2)28-24(29)19(16(3)20(13-27)25(28)30)11-17-9-10-22(23(12-17)31-4)32-14-18-7-5-6-8-21(18)26/h5-12,15H,14H2,1-4H3/b19-11+. The number of methoxy groups -OCH3 is 1. The van der Waals surface area contributed by atoms with Crippen molar-refractivity contribution in [2.24, 2.45) is 0 Å². The summed E-state index contributed by atoms with van der Waals surface area (Å²) in [6, 6.07) is 12.9. The van der Waals surface area contributed by atoms with Gasteiger partial charge in [0.05, 0.1) is 7.11 Å². The first-order chi connectivity index (χ1) is 15.3. The van der Waals surface area contributed by atoms with Crippen molar-refractivity contribution in [1.29, 1.82) is 5.26 Å². The van der Waals surface area contributed by atoms with Crippen LogP contribution in [0.4, 0.5) is 4.39 Å². The van der Waals surface area contributed by atoms with Gasteiger partial charge < -0.3 is 9.47 Å². The Bertz CT molecular complexity index is 1170. The third kappa shape index (κ3) is 4.40. The Morgan fingerprint density at radius 2 is 1.84 bits per heavy atom. The lowest BCUT2D eigenvalue weighted by atomic mass is 9.93. The monoisotopic (exact) mass is 434 g/mol. The summed E-state index contributed by atoms with van der Waals surface area (Å²) in [6.45, 7) is 5.05. The van der Waals surface area contributed by atoms with E-state index in [0.29, 0.717) is 28.2 Å². The molecule has 0 radical (unpaired) electrons. The van der Waals surface area contributed by atoms with Crippen LogP contribution in [0, 0.1) is 17.1 Å². The molecule has 1 aliphatic rings. The molecule has 0 fully saturated rings. The molecule has 0 saturated carbocycles. The Morgan fingerprint density at radius 3 is 2.47 bits per heavy atom. The largest absolute Gasteiger partial charge is 0.493 e. The molecule has 7 heteroatoms. The number of carbonyl (C=O) groups is 2. The van der Waals surface area contributed by atoms with Crippen molar-refractivity contribution in [2.45, 2.75) is 33.4 Å². The zero-order chi connectivity index (χ0) is 23.4. The highest BCUT2D eigenvalue weighted by Crippen LogP contribution is 2.32. The molecule has 0 atom stereocenters. The van der Waals surface area contributed by atoms with Crippen LogP contribution in [0.1, 0.15) is 31.9 Å². The van der Waals surface area contributed by atoms with Gasteiger partial charge in [-0.15, -0.1) is 0 Å². The van der Waals surface area contributed by atoms with E-state index in [0.717, 1.165) is 4.90 Å². The van der Waals surface area contributed by atoms with Gasteiger partial charge in [0.2, 0.25) is 0 Å². The van der Waals surface area contributed by atoms with Crippen LogP contribution in [-0.4, -0.2) is 29.9 Å². The van der Waals surface area contributed by atoms with Gasteiger partial charge in [0, 0.05) is 17.2 Å². The quantitative estimate of drug-likeness (QED) is 0.497. The first-order valence-corrected chi connectivity index (χ1v) is 10.0. The van der Waals surface area contributed by atoms with E-state index in [9.17, 15) is 19.2 Å². The molecular weight excluding hydrogens is 411 g/mol. The summed E-state index contributed by atoms with van der Waals surface area (Å²) in [5.41, 5.74) is 1.58. The van der Waals surface area contributed by atoms with E-state index in [1.807, 2.05) is 6.07 Å². The SMILES string of the molecule is COc1cc(/C=C2/C(=O)N(C(C)C)C(=O)C(C#N)=C2C)ccc1OCc1ccccc1F. The molecule has 0 unspecified atom stereocenters. The van der Waals surface area contributed by atoms with E-state index < -0.39 is 17.9 Å². The van der Waals surface area contributed by atoms with E-state index in [1.54, 1.807) is 63.2 Å². The van der Waals surface area contributed by atoms with Gasteiger partial charge in [0.1, 0.15) is 24.1 Å². The Labute approximate surface area is 186 Å². The van der Waals surface area contributed by atoms with E-state index in [4.69, 9.17) is 9.47 Å². The van der Waals surface area contributed by atoms with Gasteiger partial charge in [-0.05, 0) is 56.2 Å². The Morgan fingerprint density at radius 1 is 1.12 bits per heavy atom. The fourth-order valence-electron chi connectivity index (χ4n) is 3.40. The van der Waals surface area contributed by atoms with Gasteiger partial charge in [-0.3, -0.25) is 14.5 Å². The number of hydrogen-bond donors (Lipinski definition) is 0. The Balaban J connectivity index is 1.95. The Hall–Kier alpha value is -3.92. The predicted octanol–water partition coefficient (Wildman–Crippen LogP) is 4.41. The maximum Gasteiger partial charge on any atom is 0.271 e. The fraction of sp³-hybridized carbons (Fsp3) is 0.240. The molecule has 0 spiro atoms. The van der Waals surface area contributed by atoms with Crippen molar-refractivity contribution in [3.63, 3.8) is 0 Å². The number of imide groups is 1. The molecule has 0 bridgehead atoms. The highest BCUT2D eigenvalue weighted by atomic mass is 19.1. The van der Waals surface area contributed by atoms with Crippen molar-refractivity contribution in [2.75, 3.05) is 7.11 Å². The summed E-state index contributed by atoms with van der Waals surface area (Å²) in [6.07, 6.45) is 1.61. The second-order valence-corrected chi connectivity index (χ2v) is 7.53. The lowest BCUT2D eigenvalue weighted by Crippen LogP contribution is -2.46. The lowest BCUT2D eigenvalue weighted by molar-refractivity contribution is -0.142. The van der Waals surface area contributed by atoms with Crippen LogP contribution in [0.15, 0.2) is 59.2 Å². The Kier molecular flexibility index (Phi) is 6.74. The summed E-state index contributed by atoms with van der Waals surface area (Å²) in [5, 5.41) is 9.44. The lowest BCUT2D eigenvalue weighted by Gasteiger charge is -2.30. The van der Waals surface area contributed by atoms with Crippen LogP contribution in [0.3, 0.4) is 0 Å². The maximum absolute atomic E-state index is 13.8. The van der Waals surface area contributed by atoms with E-state index >= 15 is 0 Å². The molecule has 3 rings (SSSR count). The molecule has 0 aliphatic carbocycles. The van der Waals surface area contributed by atoms with Gasteiger partial charge in [-0.2, -0.15) is 5.26 Å². The normalized spacial score (nSPS) is 15.4. The summed E-state index contributed by atoms with van der Waals surface area (Å²) in [4.78, 5) is 26.6. The molecule has 164 valence electrons. The van der Waals surface area contributed by atoms with E-state index in [1.165, 1.54) is 13.2 Å². The summed E-state index contributed by atoms with van der Waals surface area (Å²) < 4.78 is 25.0. The average molecular weight is 434 g/mol. The first kappa shape index (κ1) is 22.8. The third-order valence-corrected chi connectivity index (χ3v) is 5.13. The molecule has 0 N–H and O–H groups in total. The number of rotatable bonds is 6. The van der Waals surface area contributed by atoms with Crippen LogP contribution in [0.25, 0.3) is 6.08 Å². The third-order valence-electron chi connectivity index (χ3n) is 5.13. The van der Waals surface area contributed by atoms with Crippen molar-refractivity contribution >= 4 is 17.9 Å². The maximum atomic E-state index is 13.8. The number of benzene rings is 2. The zero-order valence-electron chi connectivity index (χ0n) is 18.3. The fourth-order valence-corrected chi connectivity index (χ4v) is 3.40. The average Bonchev–Trinajstić information content (AvgIpc) is 2.76. The van der Waals surface area contributed by atoms with Gasteiger partial charge in [0.25, 0.3) is 11.8 Å². The summed E-state index contributed by atoms with van der Waals surface area (Å²) in [5.74, 6) is -0.588. The highest BCUT2D eigenvalue weighted by Gasteiger charge is 2.36. The van der Waals surface area contributed by atoms with Crippen molar-refractivity contribution in [3.05, 3.63) is 76.1 Å². The number of nitrogens with zero attached hydrogens (tertiary/aromatic N) is 2. The zero-order valence-corrected chi connectivity index (χ0v) is 18.3. The molecule has 0 aromatic heterocycles.